The van der Waals surface area contributed by atoms with Crippen LogP contribution in [0.25, 0.3) is 0 Å². The van der Waals surface area contributed by atoms with Crippen molar-refractivity contribution in [2.24, 2.45) is 11.1 Å². The van der Waals surface area contributed by atoms with Gasteiger partial charge in [-0.05, 0) is 55.5 Å². The lowest BCUT2D eigenvalue weighted by atomic mass is 9.80. The molecule has 3 atom stereocenters. The molecule has 2 N–H and O–H groups in total. The van der Waals surface area contributed by atoms with Crippen LogP contribution in [0, 0.1) is 5.41 Å². The van der Waals surface area contributed by atoms with E-state index in [2.05, 4.69) is 51.8 Å². The molecule has 3 nitrogen and oxygen atoms in total. The first kappa shape index (κ1) is 16.3. The number of methoxy groups -OCH3 is 1. The molecule has 0 radical (unpaired) electrons. The summed E-state index contributed by atoms with van der Waals surface area (Å²) in [7, 11) is 3.93. The fourth-order valence-corrected chi connectivity index (χ4v) is 3.30. The summed E-state index contributed by atoms with van der Waals surface area (Å²) in [6.45, 7) is 9.18. The average molecular weight is 290 g/mol. The highest BCUT2D eigenvalue weighted by Gasteiger charge is 2.35. The summed E-state index contributed by atoms with van der Waals surface area (Å²) in [6.07, 6.45) is 2.18. The van der Waals surface area contributed by atoms with E-state index in [-0.39, 0.29) is 11.5 Å². The van der Waals surface area contributed by atoms with E-state index in [1.807, 2.05) is 6.07 Å². The summed E-state index contributed by atoms with van der Waals surface area (Å²) in [5.74, 6) is 0.927. The maximum Gasteiger partial charge on any atom is 0.119 e. The minimum atomic E-state index is 0.0782. The second-order valence-electron chi connectivity index (χ2n) is 7.40. The molecule has 0 amide bonds. The van der Waals surface area contributed by atoms with Crippen molar-refractivity contribution in [3.8, 4) is 5.75 Å². The van der Waals surface area contributed by atoms with E-state index in [1.165, 1.54) is 11.1 Å². The van der Waals surface area contributed by atoms with Crippen molar-refractivity contribution in [1.82, 2.24) is 4.90 Å². The van der Waals surface area contributed by atoms with Gasteiger partial charge < -0.3 is 10.5 Å². The lowest BCUT2D eigenvalue weighted by Crippen LogP contribution is -2.50. The maximum absolute atomic E-state index is 6.58. The fourth-order valence-electron chi connectivity index (χ4n) is 3.30. The SMILES string of the molecule is COc1ccc2c(c1)CCC(N(C)C(C)C(C)(C)C)C2N. The number of hydrogen-bond donors (Lipinski definition) is 1. The zero-order valence-electron chi connectivity index (χ0n) is 14.3. The Bertz CT molecular complexity index is 492. The number of rotatable bonds is 3. The molecular formula is C18H30N2O. The number of nitrogens with zero attached hydrogens (tertiary/aromatic N) is 1. The summed E-state index contributed by atoms with van der Waals surface area (Å²) in [5.41, 5.74) is 9.46. The Kier molecular flexibility index (Phi) is 4.64. The first-order chi connectivity index (χ1) is 9.75. The van der Waals surface area contributed by atoms with Crippen LogP contribution in [0.15, 0.2) is 18.2 Å². The van der Waals surface area contributed by atoms with Crippen molar-refractivity contribution < 1.29 is 4.74 Å². The number of nitrogens with two attached hydrogens (primary N) is 1. The first-order valence-electron chi connectivity index (χ1n) is 7.90. The molecule has 0 bridgehead atoms. The summed E-state index contributed by atoms with van der Waals surface area (Å²) in [6, 6.07) is 7.27. The van der Waals surface area contributed by atoms with Crippen LogP contribution >= 0.6 is 0 Å². The molecule has 1 aromatic carbocycles. The maximum atomic E-state index is 6.58. The van der Waals surface area contributed by atoms with E-state index in [0.29, 0.717) is 12.1 Å². The Morgan fingerprint density at radius 2 is 2.00 bits per heavy atom. The van der Waals surface area contributed by atoms with Crippen LogP contribution < -0.4 is 10.5 Å². The van der Waals surface area contributed by atoms with Crippen LogP contribution in [-0.2, 0) is 6.42 Å². The molecule has 0 heterocycles. The normalized spacial score (nSPS) is 23.8. The van der Waals surface area contributed by atoms with Gasteiger partial charge in [0, 0.05) is 18.1 Å². The topological polar surface area (TPSA) is 38.5 Å². The monoisotopic (exact) mass is 290 g/mol. The Labute approximate surface area is 129 Å². The van der Waals surface area contributed by atoms with Crippen LogP contribution in [-0.4, -0.2) is 31.1 Å². The van der Waals surface area contributed by atoms with E-state index in [4.69, 9.17) is 10.5 Å². The fraction of sp³-hybridized carbons (Fsp3) is 0.667. The smallest absolute Gasteiger partial charge is 0.119 e. The zero-order chi connectivity index (χ0) is 15.8. The molecule has 1 aromatic rings. The van der Waals surface area contributed by atoms with Gasteiger partial charge in [-0.1, -0.05) is 26.8 Å². The molecule has 0 aromatic heterocycles. The quantitative estimate of drug-likeness (QED) is 0.927. The standard InChI is InChI=1S/C18H30N2O/c1-12(18(2,3)4)20(5)16-10-7-13-11-14(21-6)8-9-15(13)17(16)19/h8-9,11-12,16-17H,7,10,19H2,1-6H3. The van der Waals surface area contributed by atoms with E-state index < -0.39 is 0 Å². The van der Waals surface area contributed by atoms with Crippen LogP contribution in [0.3, 0.4) is 0 Å². The summed E-state index contributed by atoms with van der Waals surface area (Å²) in [4.78, 5) is 2.47. The zero-order valence-corrected chi connectivity index (χ0v) is 14.3. The van der Waals surface area contributed by atoms with Crippen LogP contribution in [0.4, 0.5) is 0 Å². The van der Waals surface area contributed by atoms with Crippen molar-refractivity contribution in [3.63, 3.8) is 0 Å². The molecule has 3 unspecified atom stereocenters. The third-order valence-electron chi connectivity index (χ3n) is 5.22. The van der Waals surface area contributed by atoms with Crippen molar-refractivity contribution in [3.05, 3.63) is 29.3 Å². The second-order valence-corrected chi connectivity index (χ2v) is 7.40. The molecule has 0 fully saturated rings. The number of hydrogen-bond acceptors (Lipinski definition) is 3. The molecule has 1 aliphatic rings. The highest BCUT2D eigenvalue weighted by atomic mass is 16.5. The predicted octanol–water partition coefficient (Wildman–Crippen LogP) is 3.38. The largest absolute Gasteiger partial charge is 0.497 e. The van der Waals surface area contributed by atoms with Crippen LogP contribution in [0.5, 0.6) is 5.75 Å². The van der Waals surface area contributed by atoms with E-state index in [1.54, 1.807) is 7.11 Å². The Balaban J connectivity index is 2.22. The van der Waals surface area contributed by atoms with Gasteiger partial charge >= 0.3 is 0 Å². The van der Waals surface area contributed by atoms with Gasteiger partial charge in [0.25, 0.3) is 0 Å². The third-order valence-corrected chi connectivity index (χ3v) is 5.22. The molecule has 21 heavy (non-hydrogen) atoms. The lowest BCUT2D eigenvalue weighted by Gasteiger charge is -2.44. The summed E-state index contributed by atoms with van der Waals surface area (Å²) >= 11 is 0. The van der Waals surface area contributed by atoms with Crippen molar-refractivity contribution in [2.75, 3.05) is 14.2 Å². The molecule has 3 heteroatoms. The van der Waals surface area contributed by atoms with E-state index in [0.717, 1.165) is 18.6 Å². The summed E-state index contributed by atoms with van der Waals surface area (Å²) < 4.78 is 5.32. The third kappa shape index (κ3) is 3.24. The molecule has 0 aliphatic heterocycles. The highest BCUT2D eigenvalue weighted by molar-refractivity contribution is 5.40. The van der Waals surface area contributed by atoms with Gasteiger partial charge in [-0.25, -0.2) is 0 Å². The number of aryl methyl sites for hydroxylation is 1. The Hall–Kier alpha value is -1.06. The van der Waals surface area contributed by atoms with Gasteiger partial charge in [-0.2, -0.15) is 0 Å². The predicted molar refractivity (Wildman–Crippen MR) is 88.7 cm³/mol. The van der Waals surface area contributed by atoms with Crippen molar-refractivity contribution >= 4 is 0 Å². The minimum Gasteiger partial charge on any atom is -0.497 e. The molecule has 2 rings (SSSR count). The molecule has 0 saturated heterocycles. The van der Waals surface area contributed by atoms with Crippen molar-refractivity contribution in [2.45, 2.75) is 58.7 Å². The van der Waals surface area contributed by atoms with Gasteiger partial charge in [0.2, 0.25) is 0 Å². The Morgan fingerprint density at radius 3 is 2.57 bits per heavy atom. The van der Waals surface area contributed by atoms with Gasteiger partial charge in [-0.3, -0.25) is 4.90 Å². The molecule has 1 aliphatic carbocycles. The van der Waals surface area contributed by atoms with Crippen LogP contribution in [0.2, 0.25) is 0 Å². The highest BCUT2D eigenvalue weighted by Crippen LogP contribution is 2.36. The van der Waals surface area contributed by atoms with Gasteiger partial charge in [-0.15, -0.1) is 0 Å². The number of likely N-dealkylation sites (N-methyl/N-ethyl adjacent to an activating group) is 1. The molecule has 0 spiro atoms. The number of ether oxygens (including phenoxy) is 1. The van der Waals surface area contributed by atoms with Gasteiger partial charge in [0.15, 0.2) is 0 Å². The minimum absolute atomic E-state index is 0.0782. The number of fused-ring (bicyclic) bond motifs is 1. The second kappa shape index (κ2) is 5.98. The first-order valence-corrected chi connectivity index (χ1v) is 7.90. The molecular weight excluding hydrogens is 260 g/mol. The number of benzene rings is 1. The van der Waals surface area contributed by atoms with Crippen molar-refractivity contribution in [1.29, 1.82) is 0 Å². The average Bonchev–Trinajstić information content (AvgIpc) is 2.44. The summed E-state index contributed by atoms with van der Waals surface area (Å²) in [5, 5.41) is 0. The Morgan fingerprint density at radius 1 is 1.33 bits per heavy atom. The van der Waals surface area contributed by atoms with Gasteiger partial charge in [0.1, 0.15) is 5.75 Å². The lowest BCUT2D eigenvalue weighted by molar-refractivity contribution is 0.0762. The van der Waals surface area contributed by atoms with E-state index in [9.17, 15) is 0 Å². The van der Waals surface area contributed by atoms with Gasteiger partial charge in [0.05, 0.1) is 7.11 Å². The van der Waals surface area contributed by atoms with Crippen LogP contribution in [0.1, 0.15) is 51.3 Å². The molecule has 118 valence electrons. The van der Waals surface area contributed by atoms with E-state index >= 15 is 0 Å². The molecule has 0 saturated carbocycles.